The third-order valence-electron chi connectivity index (χ3n) is 5.19. The number of hydrogen-bond acceptors (Lipinski definition) is 4. The maximum absolute atomic E-state index is 14.3. The van der Waals surface area contributed by atoms with Crippen molar-refractivity contribution in [2.45, 2.75) is 19.9 Å². The van der Waals surface area contributed by atoms with Crippen molar-refractivity contribution in [3.63, 3.8) is 0 Å². The molecular weight excluding hydrogens is 416 g/mol. The molecule has 0 spiro atoms. The van der Waals surface area contributed by atoms with Gasteiger partial charge in [-0.1, -0.05) is 18.2 Å². The van der Waals surface area contributed by atoms with Crippen LogP contribution in [0.25, 0.3) is 22.3 Å². The molecule has 4 aromatic rings. The average molecular weight is 435 g/mol. The van der Waals surface area contributed by atoms with Gasteiger partial charge >= 0.3 is 5.97 Å². The van der Waals surface area contributed by atoms with Gasteiger partial charge in [0.15, 0.2) is 5.43 Å². The first-order valence-corrected chi connectivity index (χ1v) is 9.87. The monoisotopic (exact) mass is 435 g/mol. The second-order valence-corrected chi connectivity index (χ2v) is 7.55. The lowest BCUT2D eigenvalue weighted by molar-refractivity contribution is 0.0698. The van der Waals surface area contributed by atoms with Gasteiger partial charge in [-0.3, -0.25) is 4.79 Å². The van der Waals surface area contributed by atoms with E-state index in [4.69, 9.17) is 4.42 Å². The Morgan fingerprint density at radius 1 is 1.06 bits per heavy atom. The first-order chi connectivity index (χ1) is 15.2. The number of benzene rings is 3. The Morgan fingerprint density at radius 2 is 1.81 bits per heavy atom. The number of carbonyl (C=O) groups is 1. The molecule has 0 bridgehead atoms. The average Bonchev–Trinajstić information content (AvgIpc) is 2.74. The minimum absolute atomic E-state index is 0.0248. The molecule has 7 heteroatoms. The fraction of sp³-hybridized carbons (Fsp3) is 0.120. The number of rotatable bonds is 5. The molecule has 1 atom stereocenters. The zero-order chi connectivity index (χ0) is 23.0. The highest BCUT2D eigenvalue weighted by Gasteiger charge is 2.19. The van der Waals surface area contributed by atoms with Crippen molar-refractivity contribution in [2.24, 2.45) is 0 Å². The molecule has 0 aliphatic carbocycles. The molecule has 0 unspecified atom stereocenters. The topological polar surface area (TPSA) is 79.5 Å². The number of aromatic carboxylic acids is 1. The van der Waals surface area contributed by atoms with Gasteiger partial charge in [-0.25, -0.2) is 13.6 Å². The lowest BCUT2D eigenvalue weighted by atomic mass is 10.00. The largest absolute Gasteiger partial charge is 0.478 e. The lowest BCUT2D eigenvalue weighted by Crippen LogP contribution is -2.12. The van der Waals surface area contributed by atoms with Crippen molar-refractivity contribution < 1.29 is 23.1 Å². The molecule has 32 heavy (non-hydrogen) atoms. The molecule has 1 heterocycles. The SMILES string of the molecule is Cc1cc([C@@H](C)Nc2ccccc2C(=O)O)c2oc(-c3ccc(F)cc3F)cc(=O)c2c1. The highest BCUT2D eigenvalue weighted by molar-refractivity contribution is 5.94. The Morgan fingerprint density at radius 3 is 2.53 bits per heavy atom. The predicted octanol–water partition coefficient (Wildman–Crippen LogP) is 5.92. The molecule has 2 N–H and O–H groups in total. The van der Waals surface area contributed by atoms with E-state index < -0.39 is 23.6 Å². The van der Waals surface area contributed by atoms with Crippen molar-refractivity contribution in [1.29, 1.82) is 0 Å². The van der Waals surface area contributed by atoms with E-state index in [9.17, 15) is 23.5 Å². The van der Waals surface area contributed by atoms with E-state index in [1.165, 1.54) is 18.2 Å². The van der Waals surface area contributed by atoms with Gasteiger partial charge in [-0.05, 0) is 49.7 Å². The summed E-state index contributed by atoms with van der Waals surface area (Å²) in [6.07, 6.45) is 0. The summed E-state index contributed by atoms with van der Waals surface area (Å²) in [5, 5.41) is 12.9. The predicted molar refractivity (Wildman–Crippen MR) is 118 cm³/mol. The van der Waals surface area contributed by atoms with Crippen LogP contribution in [-0.2, 0) is 0 Å². The standard InChI is InChI=1S/C25H19F2NO4/c1-13-9-18(14(2)28-21-6-4-3-5-17(21)25(30)31)24-19(10-13)22(29)12-23(32-24)16-8-7-15(26)11-20(16)27/h3-12,14,28H,1-2H3,(H,30,31)/t14-/m1/s1. The maximum atomic E-state index is 14.3. The lowest BCUT2D eigenvalue weighted by Gasteiger charge is -2.19. The van der Waals surface area contributed by atoms with Gasteiger partial charge in [0.05, 0.1) is 22.6 Å². The van der Waals surface area contributed by atoms with Crippen LogP contribution in [0.4, 0.5) is 14.5 Å². The van der Waals surface area contributed by atoms with Crippen LogP contribution >= 0.6 is 0 Å². The summed E-state index contributed by atoms with van der Waals surface area (Å²) in [7, 11) is 0. The summed E-state index contributed by atoms with van der Waals surface area (Å²) in [5.41, 5.74) is 1.76. The second-order valence-electron chi connectivity index (χ2n) is 7.55. The van der Waals surface area contributed by atoms with E-state index in [-0.39, 0.29) is 27.9 Å². The first kappa shape index (κ1) is 21.2. The van der Waals surface area contributed by atoms with E-state index in [2.05, 4.69) is 5.32 Å². The number of halogens is 2. The highest BCUT2D eigenvalue weighted by Crippen LogP contribution is 2.32. The number of carboxylic acid groups (broad SMARTS) is 1. The fourth-order valence-electron chi connectivity index (χ4n) is 3.68. The molecule has 0 radical (unpaired) electrons. The number of aryl methyl sites for hydroxylation is 1. The van der Waals surface area contributed by atoms with Crippen molar-refractivity contribution >= 4 is 22.6 Å². The van der Waals surface area contributed by atoms with Gasteiger partial charge in [0.2, 0.25) is 0 Å². The Kier molecular flexibility index (Phi) is 5.48. The smallest absolute Gasteiger partial charge is 0.337 e. The van der Waals surface area contributed by atoms with Gasteiger partial charge in [-0.15, -0.1) is 0 Å². The van der Waals surface area contributed by atoms with Crippen LogP contribution in [0.15, 0.2) is 69.9 Å². The van der Waals surface area contributed by atoms with Crippen LogP contribution in [0, 0.1) is 18.6 Å². The van der Waals surface area contributed by atoms with Crippen LogP contribution in [0.1, 0.15) is 34.5 Å². The molecule has 0 saturated carbocycles. The summed E-state index contributed by atoms with van der Waals surface area (Å²) < 4.78 is 33.6. The third kappa shape index (κ3) is 3.97. The first-order valence-electron chi connectivity index (χ1n) is 9.87. The Bertz CT molecular complexity index is 1410. The third-order valence-corrected chi connectivity index (χ3v) is 5.19. The summed E-state index contributed by atoms with van der Waals surface area (Å²) in [6, 6.07) is 13.7. The Labute approximate surface area is 181 Å². The van der Waals surface area contributed by atoms with E-state index in [1.54, 1.807) is 31.2 Å². The fourth-order valence-corrected chi connectivity index (χ4v) is 3.68. The zero-order valence-corrected chi connectivity index (χ0v) is 17.3. The van der Waals surface area contributed by atoms with Crippen LogP contribution in [0.2, 0.25) is 0 Å². The number of para-hydroxylation sites is 1. The van der Waals surface area contributed by atoms with Gasteiger partial charge in [0.25, 0.3) is 0 Å². The van der Waals surface area contributed by atoms with Crippen LogP contribution in [-0.4, -0.2) is 11.1 Å². The summed E-state index contributed by atoms with van der Waals surface area (Å²) in [5.74, 6) is -2.68. The number of hydrogen-bond donors (Lipinski definition) is 2. The number of fused-ring (bicyclic) bond motifs is 1. The minimum atomic E-state index is -1.07. The van der Waals surface area contributed by atoms with Gasteiger partial charge in [-0.2, -0.15) is 0 Å². The molecule has 0 fully saturated rings. The Balaban J connectivity index is 1.87. The van der Waals surface area contributed by atoms with Crippen molar-refractivity contribution in [3.8, 4) is 11.3 Å². The molecule has 1 aromatic heterocycles. The van der Waals surface area contributed by atoms with E-state index >= 15 is 0 Å². The number of carboxylic acids is 1. The number of anilines is 1. The zero-order valence-electron chi connectivity index (χ0n) is 17.3. The minimum Gasteiger partial charge on any atom is -0.478 e. The molecule has 5 nitrogen and oxygen atoms in total. The molecule has 0 aliphatic rings. The van der Waals surface area contributed by atoms with Crippen molar-refractivity contribution in [2.75, 3.05) is 5.32 Å². The maximum Gasteiger partial charge on any atom is 0.337 e. The molecule has 0 aliphatic heterocycles. The highest BCUT2D eigenvalue weighted by atomic mass is 19.1. The molecule has 3 aromatic carbocycles. The second kappa shape index (κ2) is 8.26. The summed E-state index contributed by atoms with van der Waals surface area (Å²) in [6.45, 7) is 3.63. The normalized spacial score (nSPS) is 12.0. The van der Waals surface area contributed by atoms with E-state index in [0.29, 0.717) is 16.6 Å². The summed E-state index contributed by atoms with van der Waals surface area (Å²) >= 11 is 0. The summed E-state index contributed by atoms with van der Waals surface area (Å²) in [4.78, 5) is 24.4. The van der Waals surface area contributed by atoms with Crippen molar-refractivity contribution in [3.05, 3.63) is 99.2 Å². The number of nitrogens with one attached hydrogen (secondary N) is 1. The molecule has 162 valence electrons. The van der Waals surface area contributed by atoms with Crippen molar-refractivity contribution in [1.82, 2.24) is 0 Å². The Hall–Kier alpha value is -4.00. The van der Waals surface area contributed by atoms with Gasteiger partial charge in [0.1, 0.15) is 23.0 Å². The van der Waals surface area contributed by atoms with E-state index in [1.807, 2.05) is 13.0 Å². The van der Waals surface area contributed by atoms with E-state index in [0.717, 1.165) is 17.7 Å². The van der Waals surface area contributed by atoms with Crippen LogP contribution in [0.5, 0.6) is 0 Å². The molecule has 0 saturated heterocycles. The quantitative estimate of drug-likeness (QED) is 0.407. The van der Waals surface area contributed by atoms with Crippen LogP contribution < -0.4 is 10.7 Å². The van der Waals surface area contributed by atoms with Gasteiger partial charge in [0, 0.05) is 23.4 Å². The van der Waals surface area contributed by atoms with Gasteiger partial charge < -0.3 is 14.8 Å². The molecular formula is C25H19F2NO4. The molecule has 0 amide bonds. The molecule has 4 rings (SSSR count). The van der Waals surface area contributed by atoms with Crippen LogP contribution in [0.3, 0.4) is 0 Å².